The summed E-state index contributed by atoms with van der Waals surface area (Å²) in [6.45, 7) is 25.9. The van der Waals surface area contributed by atoms with Gasteiger partial charge in [0.2, 0.25) is 0 Å². The van der Waals surface area contributed by atoms with Crippen LogP contribution in [0.25, 0.3) is 0 Å². The van der Waals surface area contributed by atoms with Crippen LogP contribution in [0.15, 0.2) is 94.9 Å². The van der Waals surface area contributed by atoms with Gasteiger partial charge in [-0.15, -0.1) is 0 Å². The molecule has 0 aliphatic carbocycles. The predicted octanol–water partition coefficient (Wildman–Crippen LogP) is 11.3. The second-order valence-corrected chi connectivity index (χ2v) is 17.2. The average Bonchev–Trinajstić information content (AvgIpc) is 2.98. The van der Waals surface area contributed by atoms with Crippen molar-refractivity contribution in [1.82, 2.24) is 0 Å². The van der Waals surface area contributed by atoms with Crippen LogP contribution in [0.2, 0.25) is 0 Å². The summed E-state index contributed by atoms with van der Waals surface area (Å²) in [7, 11) is 0. The second kappa shape index (κ2) is 13.7. The van der Waals surface area contributed by atoms with Crippen molar-refractivity contribution in [1.29, 1.82) is 0 Å². The Balaban J connectivity index is 1.94. The molecule has 2 atom stereocenters. The molecule has 0 radical (unpaired) electrons. The van der Waals surface area contributed by atoms with E-state index in [2.05, 4.69) is 132 Å². The van der Waals surface area contributed by atoms with Crippen LogP contribution >= 0.6 is 0 Å². The first kappa shape index (κ1) is 36.7. The molecule has 0 heterocycles. The first-order valence-electron chi connectivity index (χ1n) is 17.1. The fraction of sp³-hybridized carbons (Fsp3) is 0.409. The normalized spacial score (nSPS) is 14.5. The van der Waals surface area contributed by atoms with Gasteiger partial charge in [0.25, 0.3) is 0 Å². The molecule has 0 fully saturated rings. The van der Waals surface area contributed by atoms with Crippen LogP contribution < -0.4 is 0 Å². The van der Waals surface area contributed by atoms with Crippen molar-refractivity contribution in [3.63, 3.8) is 0 Å². The Hall–Kier alpha value is -4.18. The predicted molar refractivity (Wildman–Crippen MR) is 205 cm³/mol. The maximum absolute atomic E-state index is 11.6. The van der Waals surface area contributed by atoms with Gasteiger partial charge in [0.15, 0.2) is 0 Å². The van der Waals surface area contributed by atoms with E-state index in [0.29, 0.717) is 11.1 Å². The van der Waals surface area contributed by atoms with Gasteiger partial charge in [-0.25, -0.2) is 0 Å². The van der Waals surface area contributed by atoms with Crippen molar-refractivity contribution in [3.05, 3.63) is 129 Å². The van der Waals surface area contributed by atoms with E-state index in [1.807, 2.05) is 48.8 Å². The van der Waals surface area contributed by atoms with Crippen molar-refractivity contribution in [3.8, 4) is 11.5 Å². The Bertz CT molecular complexity index is 1630. The third kappa shape index (κ3) is 8.64. The van der Waals surface area contributed by atoms with Crippen LogP contribution in [0.5, 0.6) is 11.5 Å². The maximum atomic E-state index is 11.6. The lowest BCUT2D eigenvalue weighted by Crippen LogP contribution is -2.18. The number of nitrogens with zero attached hydrogens (tertiary/aromatic N) is 2. The fourth-order valence-electron chi connectivity index (χ4n) is 5.84. The standard InChI is InChI=1S/C44H56N2O2/c1-41(2,3)33-23-31(39(47)35(25-33)43(7,8)9)27-45-37(29-19-15-13-16-20-29)38(30-21-17-14-18-22-30)46-28-32-24-34(42(4,5)6)26-36(40(32)48)44(10,11)12/h13-28,37-38,47-48H,1-12H3/b45-27+,46-28+/t37-,38-/m1/s1. The molecular weight excluding hydrogens is 588 g/mol. The Labute approximate surface area is 289 Å². The number of rotatable bonds is 7. The summed E-state index contributed by atoms with van der Waals surface area (Å²) in [5.74, 6) is 0.508. The molecule has 2 N–H and O–H groups in total. The highest BCUT2D eigenvalue weighted by Crippen LogP contribution is 2.41. The average molecular weight is 645 g/mol. The summed E-state index contributed by atoms with van der Waals surface area (Å²) in [4.78, 5) is 10.5. The molecule has 0 bridgehead atoms. The Kier molecular flexibility index (Phi) is 10.5. The first-order valence-corrected chi connectivity index (χ1v) is 17.1. The van der Waals surface area contributed by atoms with E-state index in [0.717, 1.165) is 33.4 Å². The lowest BCUT2D eigenvalue weighted by atomic mass is 9.79. The molecule has 0 spiro atoms. The molecule has 0 amide bonds. The molecule has 48 heavy (non-hydrogen) atoms. The number of hydrogen-bond donors (Lipinski definition) is 2. The summed E-state index contributed by atoms with van der Waals surface area (Å²) in [6.07, 6.45) is 3.64. The van der Waals surface area contributed by atoms with E-state index in [4.69, 9.17) is 9.98 Å². The van der Waals surface area contributed by atoms with Gasteiger partial charge in [-0.05, 0) is 56.0 Å². The van der Waals surface area contributed by atoms with Crippen LogP contribution in [0.3, 0.4) is 0 Å². The Morgan fingerprint density at radius 1 is 0.458 bits per heavy atom. The van der Waals surface area contributed by atoms with E-state index < -0.39 is 12.1 Å². The number of phenolic OH excluding ortho intramolecular Hbond substituents is 2. The zero-order chi connectivity index (χ0) is 35.7. The smallest absolute Gasteiger partial charge is 0.128 e. The topological polar surface area (TPSA) is 65.2 Å². The van der Waals surface area contributed by atoms with Gasteiger partial charge in [0.1, 0.15) is 23.6 Å². The first-order chi connectivity index (χ1) is 22.2. The van der Waals surface area contributed by atoms with Gasteiger partial charge in [0, 0.05) is 34.7 Å². The molecule has 4 aromatic rings. The van der Waals surface area contributed by atoms with Gasteiger partial charge in [0.05, 0.1) is 0 Å². The van der Waals surface area contributed by atoms with E-state index in [-0.39, 0.29) is 33.2 Å². The molecular formula is C44H56N2O2. The molecule has 0 aliphatic rings. The molecule has 0 unspecified atom stereocenters. The summed E-state index contributed by atoms with van der Waals surface area (Å²) >= 11 is 0. The summed E-state index contributed by atoms with van der Waals surface area (Å²) < 4.78 is 0. The number of aliphatic imine (C=N–C) groups is 2. The van der Waals surface area contributed by atoms with E-state index >= 15 is 0 Å². The SMILES string of the molecule is CC(C)(C)c1cc(/C=N/[C@H](c2ccccc2)[C@H](/N=C/c2cc(C(C)(C)C)cc(C(C)(C)C)c2O)c2ccccc2)c(O)c(C(C)(C)C)c1. The lowest BCUT2D eigenvalue weighted by Gasteiger charge is -2.27. The molecule has 4 aromatic carbocycles. The molecule has 0 aromatic heterocycles. The van der Waals surface area contributed by atoms with Crippen molar-refractivity contribution in [2.45, 2.75) is 117 Å². The molecule has 4 rings (SSSR count). The van der Waals surface area contributed by atoms with Gasteiger partial charge >= 0.3 is 0 Å². The zero-order valence-electron chi connectivity index (χ0n) is 31.2. The summed E-state index contributed by atoms with van der Waals surface area (Å²) in [5, 5.41) is 23.1. The summed E-state index contributed by atoms with van der Waals surface area (Å²) in [6, 6.07) is 28.0. The molecule has 0 saturated carbocycles. The van der Waals surface area contributed by atoms with Crippen molar-refractivity contribution >= 4 is 12.4 Å². The van der Waals surface area contributed by atoms with Crippen molar-refractivity contribution < 1.29 is 10.2 Å². The second-order valence-electron chi connectivity index (χ2n) is 17.2. The summed E-state index contributed by atoms with van der Waals surface area (Å²) in [5.41, 5.74) is 6.75. The third-order valence-corrected chi connectivity index (χ3v) is 8.96. The lowest BCUT2D eigenvalue weighted by molar-refractivity contribution is 0.442. The van der Waals surface area contributed by atoms with Crippen LogP contribution in [-0.4, -0.2) is 22.6 Å². The molecule has 254 valence electrons. The monoisotopic (exact) mass is 644 g/mol. The third-order valence-electron chi connectivity index (χ3n) is 8.96. The number of benzene rings is 4. The number of hydrogen-bond acceptors (Lipinski definition) is 4. The van der Waals surface area contributed by atoms with Crippen LogP contribution in [0.4, 0.5) is 0 Å². The van der Waals surface area contributed by atoms with Crippen LogP contribution in [0.1, 0.15) is 140 Å². The number of phenols is 2. The van der Waals surface area contributed by atoms with E-state index in [9.17, 15) is 10.2 Å². The Morgan fingerprint density at radius 2 is 0.771 bits per heavy atom. The number of aromatic hydroxyl groups is 2. The van der Waals surface area contributed by atoms with E-state index in [1.165, 1.54) is 0 Å². The minimum Gasteiger partial charge on any atom is -0.507 e. The molecule has 0 saturated heterocycles. The highest BCUT2D eigenvalue weighted by Gasteiger charge is 2.28. The zero-order valence-corrected chi connectivity index (χ0v) is 31.2. The fourth-order valence-corrected chi connectivity index (χ4v) is 5.84. The van der Waals surface area contributed by atoms with Crippen molar-refractivity contribution in [2.24, 2.45) is 9.98 Å². The van der Waals surface area contributed by atoms with Gasteiger partial charge in [-0.2, -0.15) is 0 Å². The highest BCUT2D eigenvalue weighted by atomic mass is 16.3. The highest BCUT2D eigenvalue weighted by molar-refractivity contribution is 5.86. The van der Waals surface area contributed by atoms with E-state index in [1.54, 1.807) is 0 Å². The van der Waals surface area contributed by atoms with Gasteiger partial charge in [-0.1, -0.05) is 156 Å². The Morgan fingerprint density at radius 3 is 1.04 bits per heavy atom. The molecule has 4 heteroatoms. The van der Waals surface area contributed by atoms with Gasteiger partial charge in [-0.3, -0.25) is 9.98 Å². The van der Waals surface area contributed by atoms with Crippen LogP contribution in [-0.2, 0) is 21.7 Å². The minimum absolute atomic E-state index is 0.110. The van der Waals surface area contributed by atoms with Crippen molar-refractivity contribution in [2.75, 3.05) is 0 Å². The maximum Gasteiger partial charge on any atom is 0.128 e. The molecule has 4 nitrogen and oxygen atoms in total. The quantitative estimate of drug-likeness (QED) is 0.197. The largest absolute Gasteiger partial charge is 0.507 e. The minimum atomic E-state index is -0.407. The van der Waals surface area contributed by atoms with Crippen LogP contribution in [0, 0.1) is 0 Å². The molecule has 0 aliphatic heterocycles. The van der Waals surface area contributed by atoms with Gasteiger partial charge < -0.3 is 10.2 Å².